The van der Waals surface area contributed by atoms with E-state index in [2.05, 4.69) is 25.7 Å². The minimum absolute atomic E-state index is 0.579. The SMILES string of the molecule is COc1ccc(-c2nccn2Cc2ccco2)cc1Cn1cncn1. The van der Waals surface area contributed by atoms with Crippen molar-refractivity contribution in [2.75, 3.05) is 7.11 Å². The van der Waals surface area contributed by atoms with Crippen LogP contribution in [0.3, 0.4) is 0 Å². The Labute approximate surface area is 144 Å². The van der Waals surface area contributed by atoms with E-state index in [9.17, 15) is 0 Å². The molecule has 0 radical (unpaired) electrons. The number of imidazole rings is 1. The second kappa shape index (κ2) is 6.64. The van der Waals surface area contributed by atoms with Crippen molar-refractivity contribution >= 4 is 0 Å². The monoisotopic (exact) mass is 335 g/mol. The predicted octanol–water partition coefficient (Wildman–Crippen LogP) is 2.84. The lowest BCUT2D eigenvalue weighted by Crippen LogP contribution is -2.04. The number of aromatic nitrogens is 5. The highest BCUT2D eigenvalue weighted by molar-refractivity contribution is 5.59. The van der Waals surface area contributed by atoms with Crippen LogP contribution in [0, 0.1) is 0 Å². The summed E-state index contributed by atoms with van der Waals surface area (Å²) in [6, 6.07) is 9.86. The molecule has 3 aromatic heterocycles. The van der Waals surface area contributed by atoms with Crippen LogP contribution < -0.4 is 4.74 Å². The maximum Gasteiger partial charge on any atom is 0.140 e. The third-order valence-corrected chi connectivity index (χ3v) is 3.96. The Hall–Kier alpha value is -3.35. The first-order chi connectivity index (χ1) is 12.3. The highest BCUT2D eigenvalue weighted by Crippen LogP contribution is 2.27. The van der Waals surface area contributed by atoms with Gasteiger partial charge in [0.25, 0.3) is 0 Å². The third kappa shape index (κ3) is 3.16. The number of hydrogen-bond donors (Lipinski definition) is 0. The Morgan fingerprint density at radius 2 is 2.16 bits per heavy atom. The maximum atomic E-state index is 5.48. The molecule has 0 aliphatic carbocycles. The Morgan fingerprint density at radius 3 is 2.92 bits per heavy atom. The lowest BCUT2D eigenvalue weighted by atomic mass is 10.1. The van der Waals surface area contributed by atoms with E-state index in [0.29, 0.717) is 13.1 Å². The minimum Gasteiger partial charge on any atom is -0.496 e. The summed E-state index contributed by atoms with van der Waals surface area (Å²) in [7, 11) is 1.66. The molecule has 25 heavy (non-hydrogen) atoms. The standard InChI is InChI=1S/C18H17N5O2/c1-24-17-5-4-14(9-15(17)10-23-13-19-12-21-23)18-20-6-7-22(18)11-16-3-2-8-25-16/h2-9,12-13H,10-11H2,1H3. The van der Waals surface area contributed by atoms with Gasteiger partial charge in [-0.3, -0.25) is 0 Å². The van der Waals surface area contributed by atoms with Crippen LogP contribution in [0.5, 0.6) is 5.75 Å². The molecule has 0 N–H and O–H groups in total. The molecule has 0 saturated carbocycles. The summed E-state index contributed by atoms with van der Waals surface area (Å²) in [5.41, 5.74) is 2.02. The van der Waals surface area contributed by atoms with E-state index in [1.807, 2.05) is 30.5 Å². The molecule has 0 spiro atoms. The molecule has 7 heteroatoms. The number of hydrogen-bond acceptors (Lipinski definition) is 5. The van der Waals surface area contributed by atoms with Crippen LogP contribution in [0.1, 0.15) is 11.3 Å². The molecular weight excluding hydrogens is 318 g/mol. The van der Waals surface area contributed by atoms with Gasteiger partial charge in [0.05, 0.1) is 26.5 Å². The zero-order valence-corrected chi connectivity index (χ0v) is 13.7. The smallest absolute Gasteiger partial charge is 0.140 e. The van der Waals surface area contributed by atoms with Crippen molar-refractivity contribution in [2.24, 2.45) is 0 Å². The van der Waals surface area contributed by atoms with Gasteiger partial charge >= 0.3 is 0 Å². The van der Waals surface area contributed by atoms with Crippen molar-refractivity contribution in [2.45, 2.75) is 13.1 Å². The molecule has 3 heterocycles. The molecule has 126 valence electrons. The van der Waals surface area contributed by atoms with Gasteiger partial charge in [-0.2, -0.15) is 5.10 Å². The van der Waals surface area contributed by atoms with Crippen LogP contribution in [0.2, 0.25) is 0 Å². The first kappa shape index (κ1) is 15.2. The fourth-order valence-corrected chi connectivity index (χ4v) is 2.80. The Morgan fingerprint density at radius 1 is 1.20 bits per heavy atom. The number of furan rings is 1. The lowest BCUT2D eigenvalue weighted by Gasteiger charge is -2.12. The third-order valence-electron chi connectivity index (χ3n) is 3.96. The number of ether oxygens (including phenoxy) is 1. The summed E-state index contributed by atoms with van der Waals surface area (Å²) in [6.07, 6.45) is 8.62. The second-order valence-corrected chi connectivity index (χ2v) is 5.58. The zero-order chi connectivity index (χ0) is 17.1. The van der Waals surface area contributed by atoms with E-state index in [0.717, 1.165) is 28.5 Å². The quantitative estimate of drug-likeness (QED) is 0.542. The molecule has 4 rings (SSSR count). The molecule has 4 aromatic rings. The van der Waals surface area contributed by atoms with Crippen molar-refractivity contribution in [1.82, 2.24) is 24.3 Å². The fourth-order valence-electron chi connectivity index (χ4n) is 2.80. The molecule has 0 unspecified atom stereocenters. The lowest BCUT2D eigenvalue weighted by molar-refractivity contribution is 0.407. The molecular formula is C18H17N5O2. The number of methoxy groups -OCH3 is 1. The van der Waals surface area contributed by atoms with Crippen LogP contribution in [0.25, 0.3) is 11.4 Å². The fraction of sp³-hybridized carbons (Fsp3) is 0.167. The minimum atomic E-state index is 0.579. The van der Waals surface area contributed by atoms with E-state index in [1.54, 1.807) is 30.6 Å². The van der Waals surface area contributed by atoms with E-state index >= 15 is 0 Å². The summed E-state index contributed by atoms with van der Waals surface area (Å²) >= 11 is 0. The first-order valence-electron chi connectivity index (χ1n) is 7.86. The molecule has 0 bridgehead atoms. The highest BCUT2D eigenvalue weighted by atomic mass is 16.5. The molecule has 0 amide bonds. The average Bonchev–Trinajstić information content (AvgIpc) is 3.38. The molecule has 7 nitrogen and oxygen atoms in total. The molecule has 0 fully saturated rings. The Bertz CT molecular complexity index is 942. The van der Waals surface area contributed by atoms with Crippen LogP contribution >= 0.6 is 0 Å². The molecule has 0 saturated heterocycles. The largest absolute Gasteiger partial charge is 0.496 e. The van der Waals surface area contributed by atoms with E-state index < -0.39 is 0 Å². The predicted molar refractivity (Wildman–Crippen MR) is 91.1 cm³/mol. The summed E-state index contributed by atoms with van der Waals surface area (Å²) in [5, 5.41) is 4.16. The Kier molecular flexibility index (Phi) is 4.04. The van der Waals surface area contributed by atoms with Gasteiger partial charge in [-0.1, -0.05) is 0 Å². The van der Waals surface area contributed by atoms with Gasteiger partial charge in [-0.05, 0) is 30.3 Å². The summed E-state index contributed by atoms with van der Waals surface area (Å²) in [6.45, 7) is 1.21. The topological polar surface area (TPSA) is 70.9 Å². The molecule has 0 aliphatic rings. The van der Waals surface area contributed by atoms with Crippen molar-refractivity contribution < 1.29 is 9.15 Å². The van der Waals surface area contributed by atoms with E-state index in [-0.39, 0.29) is 0 Å². The van der Waals surface area contributed by atoms with E-state index in [1.165, 1.54) is 6.33 Å². The van der Waals surface area contributed by atoms with Gasteiger partial charge in [0.2, 0.25) is 0 Å². The Balaban J connectivity index is 1.68. The zero-order valence-electron chi connectivity index (χ0n) is 13.7. The van der Waals surface area contributed by atoms with Gasteiger partial charge < -0.3 is 13.7 Å². The van der Waals surface area contributed by atoms with Crippen LogP contribution in [-0.2, 0) is 13.1 Å². The normalized spacial score (nSPS) is 10.9. The summed E-state index contributed by atoms with van der Waals surface area (Å²) in [5.74, 6) is 2.57. The van der Waals surface area contributed by atoms with E-state index in [4.69, 9.17) is 9.15 Å². The van der Waals surface area contributed by atoms with Crippen molar-refractivity contribution in [3.63, 3.8) is 0 Å². The molecule has 1 aromatic carbocycles. The van der Waals surface area contributed by atoms with Crippen molar-refractivity contribution in [3.8, 4) is 17.1 Å². The van der Waals surface area contributed by atoms with Crippen molar-refractivity contribution in [1.29, 1.82) is 0 Å². The average molecular weight is 335 g/mol. The highest BCUT2D eigenvalue weighted by Gasteiger charge is 2.12. The van der Waals surface area contributed by atoms with Crippen molar-refractivity contribution in [3.05, 3.63) is 73.0 Å². The number of benzene rings is 1. The van der Waals surface area contributed by atoms with Gasteiger partial charge in [0.1, 0.15) is 30.0 Å². The number of rotatable bonds is 6. The number of nitrogens with zero attached hydrogens (tertiary/aromatic N) is 5. The van der Waals surface area contributed by atoms with Gasteiger partial charge in [0, 0.05) is 23.5 Å². The second-order valence-electron chi connectivity index (χ2n) is 5.58. The van der Waals surface area contributed by atoms with Gasteiger partial charge in [-0.25, -0.2) is 14.6 Å². The van der Waals surface area contributed by atoms with Crippen LogP contribution in [0.15, 0.2) is 66.1 Å². The maximum absolute atomic E-state index is 5.48. The summed E-state index contributed by atoms with van der Waals surface area (Å²) < 4.78 is 14.7. The van der Waals surface area contributed by atoms with Gasteiger partial charge in [-0.15, -0.1) is 0 Å². The molecule has 0 aliphatic heterocycles. The van der Waals surface area contributed by atoms with Crippen LogP contribution in [0.4, 0.5) is 0 Å². The van der Waals surface area contributed by atoms with Gasteiger partial charge in [0.15, 0.2) is 0 Å². The van der Waals surface area contributed by atoms with Crippen LogP contribution in [-0.4, -0.2) is 31.4 Å². The summed E-state index contributed by atoms with van der Waals surface area (Å²) in [4.78, 5) is 8.49. The first-order valence-corrected chi connectivity index (χ1v) is 7.86. The molecule has 0 atom stereocenters.